The van der Waals surface area contributed by atoms with E-state index in [1.54, 1.807) is 6.07 Å². The molecule has 1 aromatic heterocycles. The molecule has 3 rings (SSSR count). The predicted octanol–water partition coefficient (Wildman–Crippen LogP) is 2.10. The normalized spacial score (nSPS) is 22.7. The van der Waals surface area contributed by atoms with Gasteiger partial charge >= 0.3 is 0 Å². The molecule has 1 aliphatic rings. The topological polar surface area (TPSA) is 64.3 Å². The fourth-order valence-electron chi connectivity index (χ4n) is 2.72. The average Bonchev–Trinajstić information content (AvgIpc) is 2.47. The zero-order chi connectivity index (χ0) is 15.1. The van der Waals surface area contributed by atoms with Crippen LogP contribution < -0.4 is 5.56 Å². The van der Waals surface area contributed by atoms with Crippen molar-refractivity contribution in [3.05, 3.63) is 38.3 Å². The molecule has 2 aromatic rings. The van der Waals surface area contributed by atoms with Crippen molar-refractivity contribution in [2.24, 2.45) is 0 Å². The number of rotatable bonds is 1. The first kappa shape index (κ1) is 14.7. The minimum atomic E-state index is -0.578. The van der Waals surface area contributed by atoms with Crippen LogP contribution in [0.25, 0.3) is 10.9 Å². The molecule has 1 aliphatic heterocycles. The van der Waals surface area contributed by atoms with Crippen molar-refractivity contribution in [3.8, 4) is 0 Å². The van der Waals surface area contributed by atoms with E-state index >= 15 is 0 Å². The van der Waals surface area contributed by atoms with Crippen LogP contribution in [0.2, 0.25) is 0 Å². The lowest BCUT2D eigenvalue weighted by Crippen LogP contribution is -2.39. The Bertz CT molecular complexity index is 757. The Hall–Kier alpha value is -1.24. The summed E-state index contributed by atoms with van der Waals surface area (Å²) in [5.41, 5.74) is 2.64. The summed E-state index contributed by atoms with van der Waals surface area (Å²) < 4.78 is 7.77. The Morgan fingerprint density at radius 2 is 2.19 bits per heavy atom. The smallest absolute Gasteiger partial charge is 0.261 e. The molecular formula is C15H17BrN2O3. The van der Waals surface area contributed by atoms with Gasteiger partial charge in [0.15, 0.2) is 0 Å². The number of aliphatic hydroxyl groups is 1. The first-order valence-corrected chi connectivity index (χ1v) is 7.72. The Morgan fingerprint density at radius 3 is 2.90 bits per heavy atom. The van der Waals surface area contributed by atoms with Gasteiger partial charge in [-0.1, -0.05) is 15.9 Å². The third-order valence-electron chi connectivity index (χ3n) is 4.23. The van der Waals surface area contributed by atoms with Crippen LogP contribution in [-0.2, 0) is 4.74 Å². The van der Waals surface area contributed by atoms with Crippen molar-refractivity contribution in [1.82, 2.24) is 9.55 Å². The van der Waals surface area contributed by atoms with E-state index in [0.29, 0.717) is 30.5 Å². The predicted molar refractivity (Wildman–Crippen MR) is 83.7 cm³/mol. The molecule has 0 amide bonds. The number of halogens is 1. The van der Waals surface area contributed by atoms with Crippen molar-refractivity contribution in [1.29, 1.82) is 0 Å². The fourth-order valence-corrected chi connectivity index (χ4v) is 3.24. The van der Waals surface area contributed by atoms with E-state index in [4.69, 9.17) is 4.74 Å². The van der Waals surface area contributed by atoms with E-state index in [2.05, 4.69) is 20.9 Å². The molecule has 1 saturated heterocycles. The summed E-state index contributed by atoms with van der Waals surface area (Å²) in [7, 11) is 0. The van der Waals surface area contributed by atoms with Gasteiger partial charge in [0.05, 0.1) is 36.0 Å². The van der Waals surface area contributed by atoms with Gasteiger partial charge in [0, 0.05) is 11.1 Å². The van der Waals surface area contributed by atoms with Gasteiger partial charge in [0.1, 0.15) is 0 Å². The van der Waals surface area contributed by atoms with Gasteiger partial charge in [-0.25, -0.2) is 4.98 Å². The SMILES string of the molecule is Cc1c(Br)cc2c(=O)n([C@H]3COCC[C@@H]3O)cnc2c1C. The molecular weight excluding hydrogens is 336 g/mol. The molecule has 112 valence electrons. The molecule has 0 aliphatic carbocycles. The molecule has 6 heteroatoms. The molecule has 5 nitrogen and oxygen atoms in total. The number of benzene rings is 1. The zero-order valence-corrected chi connectivity index (χ0v) is 13.6. The maximum Gasteiger partial charge on any atom is 0.261 e. The number of hydrogen-bond acceptors (Lipinski definition) is 4. The van der Waals surface area contributed by atoms with Crippen molar-refractivity contribution in [3.63, 3.8) is 0 Å². The first-order chi connectivity index (χ1) is 10.0. The second kappa shape index (κ2) is 5.51. The second-order valence-corrected chi connectivity index (χ2v) is 6.31. The number of nitrogens with zero attached hydrogens (tertiary/aromatic N) is 2. The van der Waals surface area contributed by atoms with Gasteiger partial charge in [-0.3, -0.25) is 9.36 Å². The average molecular weight is 353 g/mol. The third kappa shape index (κ3) is 2.41. The lowest BCUT2D eigenvalue weighted by molar-refractivity contribution is -0.0303. The maximum atomic E-state index is 12.7. The zero-order valence-electron chi connectivity index (χ0n) is 12.0. The highest BCUT2D eigenvalue weighted by Gasteiger charge is 2.27. The first-order valence-electron chi connectivity index (χ1n) is 6.93. The molecule has 1 fully saturated rings. The quantitative estimate of drug-likeness (QED) is 0.853. The summed E-state index contributed by atoms with van der Waals surface area (Å²) in [6.45, 7) is 4.81. The number of aryl methyl sites for hydroxylation is 1. The van der Waals surface area contributed by atoms with Crippen molar-refractivity contribution in [2.75, 3.05) is 13.2 Å². The van der Waals surface area contributed by atoms with Gasteiger partial charge in [0.2, 0.25) is 0 Å². The van der Waals surface area contributed by atoms with Crippen LogP contribution in [0.1, 0.15) is 23.6 Å². The third-order valence-corrected chi connectivity index (χ3v) is 5.05. The number of hydrogen-bond donors (Lipinski definition) is 1. The Balaban J connectivity index is 2.21. The summed E-state index contributed by atoms with van der Waals surface area (Å²) in [6.07, 6.45) is 1.48. The van der Waals surface area contributed by atoms with E-state index in [9.17, 15) is 9.90 Å². The van der Waals surface area contributed by atoms with Crippen molar-refractivity contribution >= 4 is 26.8 Å². The summed E-state index contributed by atoms with van der Waals surface area (Å²) in [4.78, 5) is 17.2. The van der Waals surface area contributed by atoms with Crippen LogP contribution in [0.4, 0.5) is 0 Å². The molecule has 21 heavy (non-hydrogen) atoms. The summed E-state index contributed by atoms with van der Waals surface area (Å²) in [5, 5.41) is 10.7. The molecule has 0 spiro atoms. The van der Waals surface area contributed by atoms with Crippen molar-refractivity contribution < 1.29 is 9.84 Å². The van der Waals surface area contributed by atoms with E-state index in [1.807, 2.05) is 13.8 Å². The molecule has 0 saturated carbocycles. The minimum Gasteiger partial charge on any atom is -0.391 e. The van der Waals surface area contributed by atoms with Crippen LogP contribution in [-0.4, -0.2) is 34.0 Å². The van der Waals surface area contributed by atoms with E-state index in [1.165, 1.54) is 10.9 Å². The molecule has 1 N–H and O–H groups in total. The molecule has 2 atom stereocenters. The Morgan fingerprint density at radius 1 is 1.43 bits per heavy atom. The lowest BCUT2D eigenvalue weighted by Gasteiger charge is -2.29. The standard InChI is InChI=1S/C15H17BrN2O3/c1-8-9(2)14-10(5-11(8)16)15(20)18(7-17-14)12-6-21-4-3-13(12)19/h5,7,12-13,19H,3-4,6H2,1-2H3/t12-,13-/m0/s1. The van der Waals surface area contributed by atoms with Crippen LogP contribution in [0.5, 0.6) is 0 Å². The number of aromatic nitrogens is 2. The fraction of sp³-hybridized carbons (Fsp3) is 0.467. The Kier molecular flexibility index (Phi) is 3.86. The van der Waals surface area contributed by atoms with E-state index < -0.39 is 6.10 Å². The van der Waals surface area contributed by atoms with E-state index in [0.717, 1.165) is 15.6 Å². The second-order valence-electron chi connectivity index (χ2n) is 5.46. The molecule has 0 radical (unpaired) electrons. The number of ether oxygens (including phenoxy) is 1. The van der Waals surface area contributed by atoms with Crippen molar-refractivity contribution in [2.45, 2.75) is 32.4 Å². The van der Waals surface area contributed by atoms with Crippen LogP contribution in [0, 0.1) is 13.8 Å². The van der Waals surface area contributed by atoms with Gasteiger partial charge in [-0.2, -0.15) is 0 Å². The number of fused-ring (bicyclic) bond motifs is 1. The van der Waals surface area contributed by atoms with Crippen LogP contribution in [0.3, 0.4) is 0 Å². The van der Waals surface area contributed by atoms with Gasteiger partial charge in [0.25, 0.3) is 5.56 Å². The minimum absolute atomic E-state index is 0.140. The van der Waals surface area contributed by atoms with Gasteiger partial charge in [-0.05, 0) is 37.5 Å². The maximum absolute atomic E-state index is 12.7. The monoisotopic (exact) mass is 352 g/mol. The highest BCUT2D eigenvalue weighted by molar-refractivity contribution is 9.10. The molecule has 1 aromatic carbocycles. The summed E-state index contributed by atoms with van der Waals surface area (Å²) in [6, 6.07) is 1.43. The highest BCUT2D eigenvalue weighted by atomic mass is 79.9. The summed E-state index contributed by atoms with van der Waals surface area (Å²) >= 11 is 3.48. The Labute approximate surface area is 130 Å². The largest absolute Gasteiger partial charge is 0.391 e. The lowest BCUT2D eigenvalue weighted by atomic mass is 10.0. The summed E-state index contributed by atoms with van der Waals surface area (Å²) in [5.74, 6) is 0. The van der Waals surface area contributed by atoms with Gasteiger partial charge < -0.3 is 9.84 Å². The number of aliphatic hydroxyl groups excluding tert-OH is 1. The highest BCUT2D eigenvalue weighted by Crippen LogP contribution is 2.26. The van der Waals surface area contributed by atoms with E-state index in [-0.39, 0.29) is 11.6 Å². The molecule has 2 heterocycles. The molecule has 0 bridgehead atoms. The van der Waals surface area contributed by atoms with Gasteiger partial charge in [-0.15, -0.1) is 0 Å². The van der Waals surface area contributed by atoms with Crippen LogP contribution >= 0.6 is 15.9 Å². The molecule has 0 unspecified atom stereocenters. The van der Waals surface area contributed by atoms with Crippen LogP contribution in [0.15, 0.2) is 21.7 Å².